The number of anilines is 1. The molecule has 19 heavy (non-hydrogen) atoms. The number of nitrogens with two attached hydrogens (primary N) is 1. The summed E-state index contributed by atoms with van der Waals surface area (Å²) in [5, 5.41) is 0. The molecule has 4 nitrogen and oxygen atoms in total. The van der Waals surface area contributed by atoms with Crippen LogP contribution in [-0.4, -0.2) is 25.8 Å². The molecule has 0 bridgehead atoms. The minimum absolute atomic E-state index is 0.240. The van der Waals surface area contributed by atoms with E-state index in [0.717, 1.165) is 12.8 Å². The Balaban J connectivity index is 2.12. The normalized spacial score (nSPS) is 18.6. The number of rotatable bonds is 4. The van der Waals surface area contributed by atoms with Gasteiger partial charge < -0.3 is 5.73 Å². The van der Waals surface area contributed by atoms with Crippen molar-refractivity contribution in [1.29, 1.82) is 0 Å². The van der Waals surface area contributed by atoms with E-state index in [-0.39, 0.29) is 4.90 Å². The van der Waals surface area contributed by atoms with E-state index in [4.69, 9.17) is 5.73 Å². The van der Waals surface area contributed by atoms with Gasteiger partial charge in [-0.15, -0.1) is 0 Å². The highest BCUT2D eigenvalue weighted by Crippen LogP contribution is 2.28. The third-order valence-electron chi connectivity index (χ3n) is 3.81. The molecule has 106 valence electrons. The van der Waals surface area contributed by atoms with Crippen LogP contribution in [0.5, 0.6) is 0 Å². The van der Waals surface area contributed by atoms with Gasteiger partial charge in [-0.3, -0.25) is 0 Å². The second kappa shape index (κ2) is 5.92. The number of hydrogen-bond acceptors (Lipinski definition) is 3. The standard InChI is InChI=1S/C14H22N2O2S/c1-2-5-12-8-10-16(11-9-12)19(17,18)14-7-4-3-6-13(14)15/h3-4,6-7,12H,2,5,8-11,15H2,1H3. The summed E-state index contributed by atoms with van der Waals surface area (Å²) in [7, 11) is -3.42. The molecule has 0 unspecified atom stereocenters. The number of nitrogen functional groups attached to an aromatic ring is 1. The monoisotopic (exact) mass is 282 g/mol. The zero-order chi connectivity index (χ0) is 13.9. The van der Waals surface area contributed by atoms with E-state index in [1.807, 2.05) is 0 Å². The molecule has 2 N–H and O–H groups in total. The lowest BCUT2D eigenvalue weighted by Gasteiger charge is -2.31. The van der Waals surface area contributed by atoms with Gasteiger partial charge in [0.1, 0.15) is 4.90 Å². The number of hydrogen-bond donors (Lipinski definition) is 1. The van der Waals surface area contributed by atoms with Gasteiger partial charge in [0.25, 0.3) is 0 Å². The fourth-order valence-corrected chi connectivity index (χ4v) is 4.29. The number of sulfonamides is 1. The van der Waals surface area contributed by atoms with Crippen LogP contribution >= 0.6 is 0 Å². The summed E-state index contributed by atoms with van der Waals surface area (Å²) < 4.78 is 26.6. The summed E-state index contributed by atoms with van der Waals surface area (Å²) in [5.41, 5.74) is 6.11. The molecule has 1 aliphatic heterocycles. The molecule has 0 radical (unpaired) electrons. The van der Waals surface area contributed by atoms with Crippen LogP contribution in [0.15, 0.2) is 29.2 Å². The van der Waals surface area contributed by atoms with Gasteiger partial charge in [-0.2, -0.15) is 4.31 Å². The van der Waals surface area contributed by atoms with Crippen LogP contribution in [0.2, 0.25) is 0 Å². The first-order valence-electron chi connectivity index (χ1n) is 6.90. The molecule has 1 aromatic rings. The lowest BCUT2D eigenvalue weighted by molar-refractivity contribution is 0.262. The highest BCUT2D eigenvalue weighted by Gasteiger charge is 2.30. The van der Waals surface area contributed by atoms with Gasteiger partial charge in [0, 0.05) is 13.1 Å². The average Bonchev–Trinajstić information content (AvgIpc) is 2.40. The summed E-state index contributed by atoms with van der Waals surface area (Å²) >= 11 is 0. The molecular weight excluding hydrogens is 260 g/mol. The molecule has 0 saturated carbocycles. The van der Waals surface area contributed by atoms with Gasteiger partial charge >= 0.3 is 0 Å². The minimum atomic E-state index is -3.42. The fourth-order valence-electron chi connectivity index (χ4n) is 2.70. The lowest BCUT2D eigenvalue weighted by atomic mass is 9.94. The second-order valence-corrected chi connectivity index (χ2v) is 7.08. The van der Waals surface area contributed by atoms with Crippen LogP contribution < -0.4 is 5.73 Å². The smallest absolute Gasteiger partial charge is 0.245 e. The Morgan fingerprint density at radius 3 is 2.47 bits per heavy atom. The molecule has 1 aliphatic rings. The first-order valence-corrected chi connectivity index (χ1v) is 8.34. The highest BCUT2D eigenvalue weighted by molar-refractivity contribution is 7.89. The maximum absolute atomic E-state index is 12.5. The van der Waals surface area contributed by atoms with Gasteiger partial charge in [0.15, 0.2) is 0 Å². The van der Waals surface area contributed by atoms with E-state index in [9.17, 15) is 8.42 Å². The Morgan fingerprint density at radius 1 is 1.26 bits per heavy atom. The van der Waals surface area contributed by atoms with Crippen molar-refractivity contribution in [3.63, 3.8) is 0 Å². The molecule has 1 heterocycles. The predicted molar refractivity (Wildman–Crippen MR) is 77.2 cm³/mol. The Morgan fingerprint density at radius 2 is 1.89 bits per heavy atom. The SMILES string of the molecule is CCCC1CCN(S(=O)(=O)c2ccccc2N)CC1. The van der Waals surface area contributed by atoms with E-state index in [1.165, 1.54) is 12.8 Å². The molecule has 0 atom stereocenters. The van der Waals surface area contributed by atoms with E-state index in [1.54, 1.807) is 28.6 Å². The van der Waals surface area contributed by atoms with E-state index in [0.29, 0.717) is 24.7 Å². The van der Waals surface area contributed by atoms with Crippen molar-refractivity contribution in [2.24, 2.45) is 5.92 Å². The largest absolute Gasteiger partial charge is 0.398 e. The summed E-state index contributed by atoms with van der Waals surface area (Å²) in [5.74, 6) is 0.671. The Labute approximate surface area is 115 Å². The minimum Gasteiger partial charge on any atom is -0.398 e. The molecule has 0 aliphatic carbocycles. The quantitative estimate of drug-likeness (QED) is 0.863. The van der Waals surface area contributed by atoms with Crippen LogP contribution in [0.3, 0.4) is 0 Å². The van der Waals surface area contributed by atoms with Crippen molar-refractivity contribution in [2.75, 3.05) is 18.8 Å². The van der Waals surface area contributed by atoms with Crippen molar-refractivity contribution in [3.05, 3.63) is 24.3 Å². The summed E-state index contributed by atoms with van der Waals surface area (Å²) in [6.45, 7) is 3.40. The van der Waals surface area contributed by atoms with E-state index < -0.39 is 10.0 Å². The van der Waals surface area contributed by atoms with Crippen molar-refractivity contribution in [2.45, 2.75) is 37.5 Å². The molecule has 0 aromatic heterocycles. The number of benzene rings is 1. The van der Waals surface area contributed by atoms with Crippen molar-refractivity contribution >= 4 is 15.7 Å². The predicted octanol–water partition coefficient (Wildman–Crippen LogP) is 2.47. The number of nitrogens with zero attached hydrogens (tertiary/aromatic N) is 1. The Kier molecular flexibility index (Phi) is 4.47. The van der Waals surface area contributed by atoms with Gasteiger partial charge in [-0.1, -0.05) is 31.9 Å². The molecule has 1 aromatic carbocycles. The van der Waals surface area contributed by atoms with Crippen LogP contribution in [-0.2, 0) is 10.0 Å². The number of piperidine rings is 1. The zero-order valence-corrected chi connectivity index (χ0v) is 12.2. The van der Waals surface area contributed by atoms with Gasteiger partial charge in [0.2, 0.25) is 10.0 Å². The Bertz CT molecular complexity index is 520. The first kappa shape index (κ1) is 14.3. The van der Waals surface area contributed by atoms with Crippen molar-refractivity contribution in [1.82, 2.24) is 4.31 Å². The summed E-state index contributed by atoms with van der Waals surface area (Å²) in [4.78, 5) is 0.240. The lowest BCUT2D eigenvalue weighted by Crippen LogP contribution is -2.38. The van der Waals surface area contributed by atoms with Crippen LogP contribution in [0.4, 0.5) is 5.69 Å². The zero-order valence-electron chi connectivity index (χ0n) is 11.4. The average molecular weight is 282 g/mol. The van der Waals surface area contributed by atoms with Crippen LogP contribution in [0, 0.1) is 5.92 Å². The number of para-hydroxylation sites is 1. The summed E-state index contributed by atoms with van der Waals surface area (Å²) in [6, 6.07) is 6.69. The second-order valence-electron chi connectivity index (χ2n) is 5.17. The Hall–Kier alpha value is -1.07. The van der Waals surface area contributed by atoms with Gasteiger partial charge in [0.05, 0.1) is 5.69 Å². The topological polar surface area (TPSA) is 63.4 Å². The van der Waals surface area contributed by atoms with Crippen LogP contribution in [0.25, 0.3) is 0 Å². The highest BCUT2D eigenvalue weighted by atomic mass is 32.2. The third-order valence-corrected chi connectivity index (χ3v) is 5.78. The molecule has 0 spiro atoms. The maximum atomic E-state index is 12.5. The van der Waals surface area contributed by atoms with Crippen LogP contribution in [0.1, 0.15) is 32.6 Å². The van der Waals surface area contributed by atoms with Gasteiger partial charge in [-0.25, -0.2) is 8.42 Å². The van der Waals surface area contributed by atoms with E-state index in [2.05, 4.69) is 6.92 Å². The van der Waals surface area contributed by atoms with Crippen molar-refractivity contribution < 1.29 is 8.42 Å². The summed E-state index contributed by atoms with van der Waals surface area (Å²) in [6.07, 6.45) is 4.28. The fraction of sp³-hybridized carbons (Fsp3) is 0.571. The molecule has 1 saturated heterocycles. The maximum Gasteiger partial charge on any atom is 0.245 e. The van der Waals surface area contributed by atoms with Crippen molar-refractivity contribution in [3.8, 4) is 0 Å². The molecule has 0 amide bonds. The molecule has 1 fully saturated rings. The molecular formula is C14H22N2O2S. The molecule has 2 rings (SSSR count). The van der Waals surface area contributed by atoms with Gasteiger partial charge in [-0.05, 0) is 30.9 Å². The van der Waals surface area contributed by atoms with E-state index >= 15 is 0 Å². The molecule has 5 heteroatoms. The first-order chi connectivity index (χ1) is 9.05. The third kappa shape index (κ3) is 3.09.